The Kier molecular flexibility index (Phi) is 8.89. The van der Waals surface area contributed by atoms with Gasteiger partial charge in [0, 0.05) is 44.0 Å². The number of ether oxygens (including phenoxy) is 1. The Balaban J connectivity index is 1.82. The zero-order valence-electron chi connectivity index (χ0n) is 22.2. The maximum absolute atomic E-state index is 13.6. The van der Waals surface area contributed by atoms with Crippen molar-refractivity contribution in [1.82, 2.24) is 23.8 Å². The molecule has 1 aliphatic rings. The van der Waals surface area contributed by atoms with E-state index in [2.05, 4.69) is 4.98 Å². The van der Waals surface area contributed by atoms with Gasteiger partial charge >= 0.3 is 0 Å². The number of sulfonamides is 1. The van der Waals surface area contributed by atoms with Gasteiger partial charge in [0.05, 0.1) is 30.3 Å². The molecule has 1 aliphatic heterocycles. The van der Waals surface area contributed by atoms with Gasteiger partial charge in [-0.2, -0.15) is 4.31 Å². The average Bonchev–Trinajstić information content (AvgIpc) is 3.18. The van der Waals surface area contributed by atoms with Crippen LogP contribution in [0.5, 0.6) is 5.75 Å². The quantitative estimate of drug-likeness (QED) is 0.328. The summed E-state index contributed by atoms with van der Waals surface area (Å²) in [4.78, 5) is 18.2. The van der Waals surface area contributed by atoms with E-state index in [0.717, 1.165) is 18.5 Å². The Morgan fingerprint density at radius 3 is 2.47 bits per heavy atom. The average molecular weight is 548 g/mol. The third-order valence-corrected chi connectivity index (χ3v) is 8.86. The van der Waals surface area contributed by atoms with Gasteiger partial charge in [-0.15, -0.1) is 5.10 Å². The van der Waals surface area contributed by atoms with Crippen LogP contribution in [0.1, 0.15) is 43.5 Å². The first kappa shape index (κ1) is 28.2. The Bertz CT molecular complexity index is 1440. The lowest BCUT2D eigenvalue weighted by atomic mass is 10.1. The van der Waals surface area contributed by atoms with Crippen molar-refractivity contribution in [3.63, 3.8) is 0 Å². The molecule has 1 saturated heterocycles. The second-order valence-electron chi connectivity index (χ2n) is 9.50. The van der Waals surface area contributed by atoms with Crippen LogP contribution in [0.3, 0.4) is 0 Å². The first-order valence-corrected chi connectivity index (χ1v) is 14.6. The highest BCUT2D eigenvalue weighted by atomic mass is 32.2. The number of β-amino-alcohol motifs (C(OH)–C–C–N with tert-alkyl or cyclic N) is 1. The first-order chi connectivity index (χ1) is 18.3. The lowest BCUT2D eigenvalue weighted by molar-refractivity contribution is 0.151. The molecular formula is C26H37N5O6S. The fraction of sp³-hybridized carbons (Fsp3) is 0.538. The van der Waals surface area contributed by atoms with Crippen molar-refractivity contribution in [1.29, 1.82) is 0 Å². The molecular weight excluding hydrogens is 510 g/mol. The van der Waals surface area contributed by atoms with Crippen LogP contribution >= 0.6 is 0 Å². The predicted octanol–water partition coefficient (Wildman–Crippen LogP) is 1.53. The van der Waals surface area contributed by atoms with Crippen LogP contribution in [0.2, 0.25) is 0 Å². The van der Waals surface area contributed by atoms with E-state index < -0.39 is 10.0 Å². The van der Waals surface area contributed by atoms with Crippen LogP contribution in [0.25, 0.3) is 16.9 Å². The molecule has 208 valence electrons. The fourth-order valence-electron chi connectivity index (χ4n) is 4.95. The Labute approximate surface area is 222 Å². The minimum Gasteiger partial charge on any atom is -0.493 e. The zero-order valence-corrected chi connectivity index (χ0v) is 23.1. The molecule has 1 aromatic carbocycles. The highest BCUT2D eigenvalue weighted by Crippen LogP contribution is 2.32. The van der Waals surface area contributed by atoms with E-state index in [1.807, 2.05) is 18.7 Å². The topological polar surface area (TPSA) is 140 Å². The minimum absolute atomic E-state index is 0.0333. The molecule has 0 amide bonds. The molecule has 0 saturated carbocycles. The number of rotatable bonds is 11. The minimum atomic E-state index is -3.82. The molecule has 38 heavy (non-hydrogen) atoms. The van der Waals surface area contributed by atoms with Crippen molar-refractivity contribution in [2.24, 2.45) is 0 Å². The molecule has 0 bridgehead atoms. The summed E-state index contributed by atoms with van der Waals surface area (Å²) < 4.78 is 36.1. The third kappa shape index (κ3) is 5.36. The van der Waals surface area contributed by atoms with E-state index in [1.165, 1.54) is 16.4 Å². The van der Waals surface area contributed by atoms with E-state index in [4.69, 9.17) is 9.84 Å². The first-order valence-electron chi connectivity index (χ1n) is 13.1. The summed E-state index contributed by atoms with van der Waals surface area (Å²) in [7, 11) is -3.82. The van der Waals surface area contributed by atoms with Crippen LogP contribution in [0, 0.1) is 6.92 Å². The molecule has 4 rings (SSSR count). The van der Waals surface area contributed by atoms with Crippen LogP contribution in [0.15, 0.2) is 27.9 Å². The summed E-state index contributed by atoms with van der Waals surface area (Å²) in [5.74, 6) is 0.611. The third-order valence-electron chi connectivity index (χ3n) is 6.97. The Morgan fingerprint density at radius 1 is 1.11 bits per heavy atom. The van der Waals surface area contributed by atoms with E-state index in [-0.39, 0.29) is 29.5 Å². The number of hydrogen-bond acceptors (Lipinski definition) is 8. The number of aromatic amines is 1. The molecule has 2 aromatic heterocycles. The van der Waals surface area contributed by atoms with Crippen molar-refractivity contribution in [3.8, 4) is 17.1 Å². The van der Waals surface area contributed by atoms with Crippen molar-refractivity contribution in [3.05, 3.63) is 45.4 Å². The van der Waals surface area contributed by atoms with Crippen molar-refractivity contribution >= 4 is 15.5 Å². The number of hydrogen-bond donors (Lipinski definition) is 3. The Morgan fingerprint density at radius 2 is 1.84 bits per heavy atom. The lowest BCUT2D eigenvalue weighted by Crippen LogP contribution is -2.49. The van der Waals surface area contributed by atoms with Crippen LogP contribution in [0.4, 0.5) is 0 Å². The van der Waals surface area contributed by atoms with E-state index in [1.54, 1.807) is 17.5 Å². The van der Waals surface area contributed by atoms with Crippen LogP contribution in [-0.4, -0.2) is 88.4 Å². The summed E-state index contributed by atoms with van der Waals surface area (Å²) in [5.41, 5.74) is 2.48. The largest absolute Gasteiger partial charge is 0.493 e. The number of H-pyrrole nitrogens is 1. The monoisotopic (exact) mass is 547 g/mol. The number of fused-ring (bicyclic) bond motifs is 1. The second-order valence-corrected chi connectivity index (χ2v) is 11.4. The molecule has 0 spiro atoms. The number of benzene rings is 1. The summed E-state index contributed by atoms with van der Waals surface area (Å²) in [6.45, 7) is 8.24. The molecule has 3 N–H and O–H groups in total. The molecule has 1 fully saturated rings. The second kappa shape index (κ2) is 12.0. The molecule has 11 nitrogen and oxygen atoms in total. The summed E-state index contributed by atoms with van der Waals surface area (Å²) in [6, 6.07) is 4.64. The van der Waals surface area contributed by atoms with Gasteiger partial charge in [0.15, 0.2) is 5.82 Å². The molecule has 0 atom stereocenters. The number of aryl methyl sites for hydroxylation is 2. The molecule has 3 aromatic rings. The molecule has 0 aliphatic carbocycles. The highest BCUT2D eigenvalue weighted by Gasteiger charge is 2.30. The smallest absolute Gasteiger partial charge is 0.275 e. The highest BCUT2D eigenvalue weighted by molar-refractivity contribution is 7.89. The maximum atomic E-state index is 13.6. The van der Waals surface area contributed by atoms with Crippen LogP contribution in [-0.2, 0) is 23.1 Å². The molecule has 3 heterocycles. The van der Waals surface area contributed by atoms with Crippen molar-refractivity contribution in [2.75, 3.05) is 45.9 Å². The normalized spacial score (nSPS) is 15.4. The zero-order chi connectivity index (χ0) is 27.4. The Hall–Kier alpha value is -2.77. The van der Waals surface area contributed by atoms with Gasteiger partial charge in [-0.25, -0.2) is 12.9 Å². The van der Waals surface area contributed by atoms with Crippen molar-refractivity contribution in [2.45, 2.75) is 51.5 Å². The fourth-order valence-corrected chi connectivity index (χ4v) is 6.40. The lowest BCUT2D eigenvalue weighted by Gasteiger charge is -2.33. The van der Waals surface area contributed by atoms with Gasteiger partial charge in [0.2, 0.25) is 10.0 Å². The van der Waals surface area contributed by atoms with Gasteiger partial charge in [0.25, 0.3) is 5.56 Å². The maximum Gasteiger partial charge on any atom is 0.275 e. The van der Waals surface area contributed by atoms with Gasteiger partial charge in [-0.1, -0.05) is 20.3 Å². The van der Waals surface area contributed by atoms with Crippen molar-refractivity contribution < 1.29 is 23.4 Å². The number of nitrogens with one attached hydrogen (secondary N) is 1. The number of aliphatic hydroxyl groups is 2. The summed E-state index contributed by atoms with van der Waals surface area (Å²) in [5, 5.41) is 23.9. The summed E-state index contributed by atoms with van der Waals surface area (Å²) >= 11 is 0. The van der Waals surface area contributed by atoms with E-state index in [9.17, 15) is 23.4 Å². The summed E-state index contributed by atoms with van der Waals surface area (Å²) in [6.07, 6.45) is 2.17. The standard InChI is InChI=1S/C26H37N5O6S/c1-4-6-22-21(17-33)18(3)24-26(34)27-25(28-31(22)24)20-16-19(7-8-23(20)37-15-5-2)38(35,36)30-11-9-29(10-12-30)13-14-32/h7-8,16,32-33H,4-6,9-15,17H2,1-3H3,(H,27,28,34). The number of nitrogens with zero attached hydrogens (tertiary/aromatic N) is 4. The van der Waals surface area contributed by atoms with Gasteiger partial charge < -0.3 is 19.9 Å². The number of piperazine rings is 1. The molecule has 0 radical (unpaired) electrons. The van der Waals surface area contributed by atoms with Gasteiger partial charge in [0.1, 0.15) is 11.3 Å². The van der Waals surface area contributed by atoms with E-state index in [0.29, 0.717) is 73.7 Å². The molecule has 12 heteroatoms. The van der Waals surface area contributed by atoms with Gasteiger partial charge in [-0.3, -0.25) is 9.69 Å². The molecule has 0 unspecified atom stereocenters. The SMILES string of the molecule is CCCOc1ccc(S(=O)(=O)N2CCN(CCO)CC2)cc1-c1nn2c(CCC)c(CO)c(C)c2c(=O)[nH]1. The van der Waals surface area contributed by atoms with Gasteiger partial charge in [-0.05, 0) is 43.5 Å². The van der Waals surface area contributed by atoms with E-state index >= 15 is 0 Å². The van der Waals surface area contributed by atoms with Crippen LogP contribution < -0.4 is 10.3 Å². The predicted molar refractivity (Wildman–Crippen MR) is 144 cm³/mol. The number of aromatic nitrogens is 3. The number of aliphatic hydroxyl groups excluding tert-OH is 2.